The van der Waals surface area contributed by atoms with Crippen molar-refractivity contribution in [3.63, 3.8) is 0 Å². The van der Waals surface area contributed by atoms with Gasteiger partial charge in [-0.1, -0.05) is 39.3 Å². The number of fused-ring (bicyclic) bond motifs is 1. The summed E-state index contributed by atoms with van der Waals surface area (Å²) in [7, 11) is 0. The lowest BCUT2D eigenvalue weighted by molar-refractivity contribution is 0.0909. The molecule has 17 heavy (non-hydrogen) atoms. The Morgan fingerprint density at radius 3 is 3.00 bits per heavy atom. The molecule has 0 aliphatic heterocycles. The summed E-state index contributed by atoms with van der Waals surface area (Å²) in [5.41, 5.74) is 9.16. The number of carbonyl (C=O) groups is 1. The van der Waals surface area contributed by atoms with Gasteiger partial charge in [0.05, 0.1) is 0 Å². The lowest BCUT2D eigenvalue weighted by atomic mass is 9.92. The molecule has 1 aliphatic carbocycles. The van der Waals surface area contributed by atoms with Crippen molar-refractivity contribution in [1.29, 1.82) is 0 Å². The van der Waals surface area contributed by atoms with E-state index >= 15 is 0 Å². The fourth-order valence-corrected chi connectivity index (χ4v) is 2.69. The van der Waals surface area contributed by atoms with Gasteiger partial charge in [0.1, 0.15) is 5.54 Å². The van der Waals surface area contributed by atoms with Crippen LogP contribution in [0.1, 0.15) is 22.3 Å². The molecule has 0 spiro atoms. The normalized spacial score (nSPS) is 21.8. The van der Waals surface area contributed by atoms with Gasteiger partial charge in [0.15, 0.2) is 5.78 Å². The Labute approximate surface area is 107 Å². The third kappa shape index (κ3) is 1.77. The van der Waals surface area contributed by atoms with Gasteiger partial charge < -0.3 is 0 Å². The standard InChI is InChI=1S/C12H10BrN3O/c1-2-6-12(15-16-14)7-9-8(11(12)17)4-3-5-10(9)13/h2-5H,1,6-7H2/t12-/m1/s1. The summed E-state index contributed by atoms with van der Waals surface area (Å²) in [6.07, 6.45) is 2.40. The van der Waals surface area contributed by atoms with Crippen molar-refractivity contribution in [3.05, 3.63) is 56.9 Å². The molecule has 2 rings (SSSR count). The average Bonchev–Trinajstić information content (AvgIpc) is 2.57. The number of rotatable bonds is 3. The van der Waals surface area contributed by atoms with E-state index < -0.39 is 5.54 Å². The van der Waals surface area contributed by atoms with Crippen LogP contribution in [0.4, 0.5) is 0 Å². The Morgan fingerprint density at radius 2 is 2.41 bits per heavy atom. The van der Waals surface area contributed by atoms with Crippen molar-refractivity contribution in [2.45, 2.75) is 18.4 Å². The number of hydrogen-bond acceptors (Lipinski definition) is 2. The fourth-order valence-electron chi connectivity index (χ4n) is 2.19. The predicted octanol–water partition coefficient (Wildman–Crippen LogP) is 3.81. The number of halogens is 1. The lowest BCUT2D eigenvalue weighted by Crippen LogP contribution is -2.32. The van der Waals surface area contributed by atoms with Crippen LogP contribution in [-0.2, 0) is 6.42 Å². The molecule has 0 saturated heterocycles. The highest BCUT2D eigenvalue weighted by atomic mass is 79.9. The van der Waals surface area contributed by atoms with Crippen LogP contribution in [0.3, 0.4) is 0 Å². The van der Waals surface area contributed by atoms with Crippen LogP contribution in [0.25, 0.3) is 10.4 Å². The van der Waals surface area contributed by atoms with Crippen molar-refractivity contribution < 1.29 is 4.79 Å². The molecule has 0 radical (unpaired) electrons. The quantitative estimate of drug-likeness (QED) is 0.361. The average molecular weight is 292 g/mol. The lowest BCUT2D eigenvalue weighted by Gasteiger charge is -2.18. The van der Waals surface area contributed by atoms with Crippen molar-refractivity contribution in [2.75, 3.05) is 0 Å². The van der Waals surface area contributed by atoms with E-state index in [9.17, 15) is 4.79 Å². The second kappa shape index (κ2) is 4.35. The summed E-state index contributed by atoms with van der Waals surface area (Å²) in [4.78, 5) is 15.1. The Balaban J connectivity index is 2.58. The molecule has 4 nitrogen and oxygen atoms in total. The van der Waals surface area contributed by atoms with Crippen LogP contribution >= 0.6 is 15.9 Å². The predicted molar refractivity (Wildman–Crippen MR) is 68.9 cm³/mol. The Bertz CT molecular complexity index is 549. The van der Waals surface area contributed by atoms with E-state index in [-0.39, 0.29) is 5.78 Å². The molecule has 1 aromatic rings. The van der Waals surface area contributed by atoms with Crippen LogP contribution in [0, 0.1) is 0 Å². The van der Waals surface area contributed by atoms with Crippen LogP contribution in [0.15, 0.2) is 40.4 Å². The summed E-state index contributed by atoms with van der Waals surface area (Å²) in [5, 5.41) is 3.72. The van der Waals surface area contributed by atoms with Gasteiger partial charge in [-0.2, -0.15) is 0 Å². The monoisotopic (exact) mass is 291 g/mol. The first-order valence-corrected chi connectivity index (χ1v) is 5.93. The Morgan fingerprint density at radius 1 is 1.65 bits per heavy atom. The number of carbonyl (C=O) groups excluding carboxylic acids is 1. The second-order valence-electron chi connectivity index (χ2n) is 3.99. The summed E-state index contributed by atoms with van der Waals surface area (Å²) in [6, 6.07) is 5.45. The van der Waals surface area contributed by atoms with E-state index in [2.05, 4.69) is 32.5 Å². The molecule has 0 aromatic heterocycles. The zero-order valence-electron chi connectivity index (χ0n) is 9.06. The summed E-state index contributed by atoms with van der Waals surface area (Å²) in [5.74, 6) is -0.119. The van der Waals surface area contributed by atoms with Gasteiger partial charge in [0.25, 0.3) is 0 Å². The number of azide groups is 1. The molecule has 1 aliphatic rings. The van der Waals surface area contributed by atoms with Gasteiger partial charge in [0, 0.05) is 14.9 Å². The van der Waals surface area contributed by atoms with Gasteiger partial charge in [0.2, 0.25) is 0 Å². The van der Waals surface area contributed by atoms with E-state index in [1.54, 1.807) is 18.2 Å². The molecule has 5 heteroatoms. The van der Waals surface area contributed by atoms with Gasteiger partial charge in [-0.25, -0.2) is 0 Å². The largest absolute Gasteiger partial charge is 0.293 e. The molecule has 1 aromatic carbocycles. The molecule has 0 heterocycles. The minimum absolute atomic E-state index is 0.119. The highest BCUT2D eigenvalue weighted by Crippen LogP contribution is 2.39. The van der Waals surface area contributed by atoms with Crippen LogP contribution in [-0.4, -0.2) is 11.3 Å². The molecular formula is C12H10BrN3O. The third-order valence-electron chi connectivity index (χ3n) is 2.97. The van der Waals surface area contributed by atoms with Crippen molar-refractivity contribution >= 4 is 21.7 Å². The van der Waals surface area contributed by atoms with E-state index in [0.29, 0.717) is 18.4 Å². The minimum atomic E-state index is -1.03. The van der Waals surface area contributed by atoms with Crippen molar-refractivity contribution in [3.8, 4) is 0 Å². The number of Topliss-reactive ketones (excluding diaryl/α,β-unsaturated/α-hetero) is 1. The molecule has 0 bridgehead atoms. The Hall–Kier alpha value is -1.58. The Kier molecular flexibility index (Phi) is 3.05. The maximum atomic E-state index is 12.3. The van der Waals surface area contributed by atoms with Gasteiger partial charge in [-0.05, 0) is 30.0 Å². The minimum Gasteiger partial charge on any atom is -0.293 e. The van der Waals surface area contributed by atoms with E-state index in [1.165, 1.54) is 0 Å². The molecule has 0 saturated carbocycles. The molecule has 0 unspecified atom stereocenters. The van der Waals surface area contributed by atoms with E-state index in [1.807, 2.05) is 6.07 Å². The van der Waals surface area contributed by atoms with Gasteiger partial charge in [-0.3, -0.25) is 4.79 Å². The summed E-state index contributed by atoms with van der Waals surface area (Å²) >= 11 is 3.42. The highest BCUT2D eigenvalue weighted by molar-refractivity contribution is 9.10. The summed E-state index contributed by atoms with van der Waals surface area (Å²) < 4.78 is 0.877. The topological polar surface area (TPSA) is 65.8 Å². The number of nitrogens with zero attached hydrogens (tertiary/aromatic N) is 3. The molecule has 86 valence electrons. The molecule has 0 fully saturated rings. The summed E-state index contributed by atoms with van der Waals surface area (Å²) in [6.45, 7) is 3.62. The van der Waals surface area contributed by atoms with Crippen molar-refractivity contribution in [2.24, 2.45) is 5.11 Å². The van der Waals surface area contributed by atoms with Crippen LogP contribution in [0.2, 0.25) is 0 Å². The van der Waals surface area contributed by atoms with Gasteiger partial charge >= 0.3 is 0 Å². The molecular weight excluding hydrogens is 282 g/mol. The smallest absolute Gasteiger partial charge is 0.175 e. The SMILES string of the molecule is C=CC[C@@]1(N=[N+]=[N-])Cc2c(Br)cccc2C1=O. The molecule has 0 N–H and O–H groups in total. The van der Waals surface area contributed by atoms with Crippen molar-refractivity contribution in [1.82, 2.24) is 0 Å². The highest BCUT2D eigenvalue weighted by Gasteiger charge is 2.44. The first-order valence-electron chi connectivity index (χ1n) is 5.14. The zero-order chi connectivity index (χ0) is 12.5. The first-order chi connectivity index (χ1) is 8.14. The molecule has 0 amide bonds. The van der Waals surface area contributed by atoms with Gasteiger partial charge in [-0.15, -0.1) is 6.58 Å². The number of benzene rings is 1. The maximum Gasteiger partial charge on any atom is 0.175 e. The zero-order valence-corrected chi connectivity index (χ0v) is 10.6. The van der Waals surface area contributed by atoms with Crippen LogP contribution in [0.5, 0.6) is 0 Å². The first kappa shape index (κ1) is 11.9. The number of ketones is 1. The van der Waals surface area contributed by atoms with Crippen LogP contribution < -0.4 is 0 Å². The number of hydrogen-bond donors (Lipinski definition) is 0. The van der Waals surface area contributed by atoms with E-state index in [0.717, 1.165) is 10.0 Å². The van der Waals surface area contributed by atoms with E-state index in [4.69, 9.17) is 5.53 Å². The molecule has 1 atom stereocenters. The third-order valence-corrected chi connectivity index (χ3v) is 3.72. The fraction of sp³-hybridized carbons (Fsp3) is 0.250. The maximum absolute atomic E-state index is 12.3. The second-order valence-corrected chi connectivity index (χ2v) is 4.84.